The highest BCUT2D eigenvalue weighted by Gasteiger charge is 2.06. The summed E-state index contributed by atoms with van der Waals surface area (Å²) in [5, 5.41) is 3.26. The molecule has 0 aromatic carbocycles. The van der Waals surface area contributed by atoms with Gasteiger partial charge in [0.05, 0.1) is 29.8 Å². The van der Waals surface area contributed by atoms with Crippen molar-refractivity contribution in [3.8, 4) is 0 Å². The van der Waals surface area contributed by atoms with Gasteiger partial charge in [0.2, 0.25) is 0 Å². The van der Waals surface area contributed by atoms with E-state index in [0.29, 0.717) is 0 Å². The topological polar surface area (TPSA) is 37.8 Å². The number of rotatable bonds is 3. The Hall–Kier alpha value is -1.97. The second-order valence-electron chi connectivity index (χ2n) is 3.96. The lowest BCUT2D eigenvalue weighted by Crippen LogP contribution is -2.08. The monoisotopic (exact) mass is 231 g/mol. The molecule has 88 valence electrons. The van der Waals surface area contributed by atoms with Gasteiger partial charge in [0, 0.05) is 5.69 Å². The molecule has 1 unspecified atom stereocenters. The fraction of sp³-hybridized carbons (Fsp3) is 0.231. The molecule has 0 aliphatic carbocycles. The Morgan fingerprint density at radius 2 is 1.94 bits per heavy atom. The Morgan fingerprint density at radius 3 is 2.53 bits per heavy atom. The average molecular weight is 231 g/mol. The molecule has 4 heteroatoms. The van der Waals surface area contributed by atoms with E-state index in [0.717, 1.165) is 17.1 Å². The first-order chi connectivity index (χ1) is 8.15. The second-order valence-corrected chi connectivity index (χ2v) is 3.96. The van der Waals surface area contributed by atoms with Gasteiger partial charge in [-0.1, -0.05) is 0 Å². The lowest BCUT2D eigenvalue weighted by molar-refractivity contribution is 0.617. The Labute approximate surface area is 99.7 Å². The molecule has 2 aromatic heterocycles. The quantitative estimate of drug-likeness (QED) is 0.882. The van der Waals surface area contributed by atoms with E-state index in [-0.39, 0.29) is 11.9 Å². The third-order valence-corrected chi connectivity index (χ3v) is 2.49. The first-order valence-electron chi connectivity index (χ1n) is 5.46. The molecule has 0 amide bonds. The number of halogens is 1. The maximum Gasteiger partial charge on any atom is 0.141 e. The molecule has 0 spiro atoms. The number of nitrogens with one attached hydrogen (secondary N) is 1. The fourth-order valence-corrected chi connectivity index (χ4v) is 1.52. The van der Waals surface area contributed by atoms with E-state index in [1.165, 1.54) is 12.3 Å². The van der Waals surface area contributed by atoms with Crippen molar-refractivity contribution in [1.29, 1.82) is 0 Å². The maximum absolute atomic E-state index is 12.7. The molecule has 0 saturated carbocycles. The molecule has 2 rings (SSSR count). The molecule has 1 N–H and O–H groups in total. The zero-order valence-electron chi connectivity index (χ0n) is 9.81. The highest BCUT2D eigenvalue weighted by molar-refractivity contribution is 5.42. The normalized spacial score (nSPS) is 12.2. The van der Waals surface area contributed by atoms with E-state index in [1.54, 1.807) is 12.3 Å². The van der Waals surface area contributed by atoms with Crippen molar-refractivity contribution in [1.82, 2.24) is 9.97 Å². The summed E-state index contributed by atoms with van der Waals surface area (Å²) < 4.78 is 12.7. The van der Waals surface area contributed by atoms with E-state index >= 15 is 0 Å². The van der Waals surface area contributed by atoms with Crippen LogP contribution in [0.3, 0.4) is 0 Å². The van der Waals surface area contributed by atoms with Crippen LogP contribution in [0.1, 0.15) is 24.4 Å². The van der Waals surface area contributed by atoms with Gasteiger partial charge in [-0.25, -0.2) is 4.39 Å². The van der Waals surface area contributed by atoms with Gasteiger partial charge in [0.1, 0.15) is 5.82 Å². The van der Waals surface area contributed by atoms with E-state index < -0.39 is 0 Å². The molecule has 3 nitrogen and oxygen atoms in total. The molecule has 17 heavy (non-hydrogen) atoms. The minimum Gasteiger partial charge on any atom is -0.376 e. The Bertz CT molecular complexity index is 479. The van der Waals surface area contributed by atoms with E-state index in [9.17, 15) is 4.39 Å². The molecule has 2 aromatic rings. The lowest BCUT2D eigenvalue weighted by Gasteiger charge is -2.14. The molecule has 2 heterocycles. The van der Waals surface area contributed by atoms with E-state index in [1.807, 2.05) is 26.0 Å². The van der Waals surface area contributed by atoms with Crippen LogP contribution < -0.4 is 5.32 Å². The van der Waals surface area contributed by atoms with Gasteiger partial charge in [0.15, 0.2) is 0 Å². The molecular weight excluding hydrogens is 217 g/mol. The van der Waals surface area contributed by atoms with Crippen molar-refractivity contribution in [2.75, 3.05) is 5.32 Å². The van der Waals surface area contributed by atoms with Crippen LogP contribution in [0.2, 0.25) is 0 Å². The second kappa shape index (κ2) is 4.91. The lowest BCUT2D eigenvalue weighted by atomic mass is 10.2. The SMILES string of the molecule is Cc1ccc(NC(C)c2ccc(F)cn2)cn1. The summed E-state index contributed by atoms with van der Waals surface area (Å²) >= 11 is 0. The van der Waals surface area contributed by atoms with Crippen molar-refractivity contribution in [2.24, 2.45) is 0 Å². The van der Waals surface area contributed by atoms with Gasteiger partial charge in [0.25, 0.3) is 0 Å². The molecule has 0 bridgehead atoms. The van der Waals surface area contributed by atoms with E-state index in [4.69, 9.17) is 0 Å². The van der Waals surface area contributed by atoms with Gasteiger partial charge in [-0.2, -0.15) is 0 Å². The van der Waals surface area contributed by atoms with Crippen LogP contribution in [0.5, 0.6) is 0 Å². The zero-order valence-corrected chi connectivity index (χ0v) is 9.81. The Morgan fingerprint density at radius 1 is 1.12 bits per heavy atom. The Balaban J connectivity index is 2.08. The van der Waals surface area contributed by atoms with Crippen LogP contribution in [0.15, 0.2) is 36.7 Å². The van der Waals surface area contributed by atoms with E-state index in [2.05, 4.69) is 15.3 Å². The number of pyridine rings is 2. The first kappa shape index (κ1) is 11.5. The van der Waals surface area contributed by atoms with Crippen molar-refractivity contribution < 1.29 is 4.39 Å². The summed E-state index contributed by atoms with van der Waals surface area (Å²) in [5.41, 5.74) is 2.70. The number of aromatic nitrogens is 2. The highest BCUT2D eigenvalue weighted by atomic mass is 19.1. The van der Waals surface area contributed by atoms with Crippen LogP contribution in [0.4, 0.5) is 10.1 Å². The third-order valence-electron chi connectivity index (χ3n) is 2.49. The maximum atomic E-state index is 12.7. The number of hydrogen-bond donors (Lipinski definition) is 1. The summed E-state index contributed by atoms with van der Waals surface area (Å²) in [6.45, 7) is 3.91. The molecule has 0 fully saturated rings. The molecular formula is C13H14FN3. The first-order valence-corrected chi connectivity index (χ1v) is 5.46. The molecule has 0 radical (unpaired) electrons. The van der Waals surface area contributed by atoms with Crippen molar-refractivity contribution in [3.63, 3.8) is 0 Å². The van der Waals surface area contributed by atoms with Gasteiger partial charge in [-0.3, -0.25) is 9.97 Å². The minimum absolute atomic E-state index is 0.0140. The predicted molar refractivity (Wildman–Crippen MR) is 65.2 cm³/mol. The predicted octanol–water partition coefficient (Wildman–Crippen LogP) is 3.10. The summed E-state index contributed by atoms with van der Waals surface area (Å²) in [6, 6.07) is 7.00. The Kier molecular flexibility index (Phi) is 3.32. The van der Waals surface area contributed by atoms with Crippen LogP contribution in [0, 0.1) is 12.7 Å². The largest absolute Gasteiger partial charge is 0.376 e. The number of nitrogens with zero attached hydrogens (tertiary/aromatic N) is 2. The van der Waals surface area contributed by atoms with Gasteiger partial charge >= 0.3 is 0 Å². The molecule has 0 aliphatic rings. The van der Waals surface area contributed by atoms with Gasteiger partial charge < -0.3 is 5.32 Å². The van der Waals surface area contributed by atoms with Crippen LogP contribution in [0.25, 0.3) is 0 Å². The molecule has 0 aliphatic heterocycles. The number of aryl methyl sites for hydroxylation is 1. The van der Waals surface area contributed by atoms with Gasteiger partial charge in [-0.15, -0.1) is 0 Å². The third kappa shape index (κ3) is 3.00. The fourth-order valence-electron chi connectivity index (χ4n) is 1.52. The zero-order chi connectivity index (χ0) is 12.3. The summed E-state index contributed by atoms with van der Waals surface area (Å²) in [4.78, 5) is 8.23. The smallest absolute Gasteiger partial charge is 0.141 e. The average Bonchev–Trinajstić information content (AvgIpc) is 2.33. The number of anilines is 1. The standard InChI is InChI=1S/C13H14FN3/c1-9-3-5-12(8-15-9)17-10(2)13-6-4-11(14)7-16-13/h3-8,10,17H,1-2H3. The minimum atomic E-state index is -0.321. The van der Waals surface area contributed by atoms with Crippen LogP contribution >= 0.6 is 0 Å². The molecule has 1 atom stereocenters. The summed E-state index contributed by atoms with van der Waals surface area (Å²) in [5.74, 6) is -0.321. The van der Waals surface area contributed by atoms with Crippen LogP contribution in [-0.4, -0.2) is 9.97 Å². The van der Waals surface area contributed by atoms with Crippen molar-refractivity contribution in [2.45, 2.75) is 19.9 Å². The van der Waals surface area contributed by atoms with Crippen molar-refractivity contribution >= 4 is 5.69 Å². The summed E-state index contributed by atoms with van der Waals surface area (Å²) in [7, 11) is 0. The summed E-state index contributed by atoms with van der Waals surface area (Å²) in [6.07, 6.45) is 3.00. The van der Waals surface area contributed by atoms with Crippen LogP contribution in [-0.2, 0) is 0 Å². The highest BCUT2D eigenvalue weighted by Crippen LogP contribution is 2.16. The number of hydrogen-bond acceptors (Lipinski definition) is 3. The molecule has 0 saturated heterocycles. The van der Waals surface area contributed by atoms with Gasteiger partial charge in [-0.05, 0) is 38.1 Å². The van der Waals surface area contributed by atoms with Crippen molar-refractivity contribution in [3.05, 3.63) is 53.9 Å².